The monoisotopic (exact) mass is 403 g/mol. The van der Waals surface area contributed by atoms with E-state index in [2.05, 4.69) is 22.9 Å². The largest absolute Gasteiger partial charge is 0.493 e. The van der Waals surface area contributed by atoms with Crippen LogP contribution in [0.4, 0.5) is 0 Å². The normalized spacial score (nSPS) is 16.8. The van der Waals surface area contributed by atoms with E-state index < -0.39 is 0 Å². The van der Waals surface area contributed by atoms with E-state index in [0.29, 0.717) is 29.6 Å². The molecule has 1 aliphatic heterocycles. The van der Waals surface area contributed by atoms with Crippen molar-refractivity contribution in [2.24, 2.45) is 5.92 Å². The van der Waals surface area contributed by atoms with Gasteiger partial charge in [-0.25, -0.2) is 0 Å². The van der Waals surface area contributed by atoms with Gasteiger partial charge < -0.3 is 14.4 Å². The molecule has 1 amide bonds. The van der Waals surface area contributed by atoms with E-state index in [1.165, 1.54) is 0 Å². The van der Waals surface area contributed by atoms with Crippen molar-refractivity contribution in [3.63, 3.8) is 0 Å². The Balaban J connectivity index is 1.70. The van der Waals surface area contributed by atoms with Gasteiger partial charge in [0.1, 0.15) is 6.61 Å². The molecule has 25 heavy (non-hydrogen) atoms. The number of likely N-dealkylation sites (tertiary alicyclic amines) is 1. The number of nitrogens with zero attached hydrogens (tertiary/aromatic N) is 1. The van der Waals surface area contributed by atoms with E-state index >= 15 is 0 Å². The molecule has 0 aromatic heterocycles. The van der Waals surface area contributed by atoms with Gasteiger partial charge >= 0.3 is 0 Å². The Hall–Kier alpha value is -2.01. The molecular weight excluding hydrogens is 382 g/mol. The van der Waals surface area contributed by atoms with Crippen molar-refractivity contribution in [3.05, 3.63) is 58.1 Å². The summed E-state index contributed by atoms with van der Waals surface area (Å²) >= 11 is 3.42. The van der Waals surface area contributed by atoms with Gasteiger partial charge in [-0.3, -0.25) is 4.79 Å². The lowest BCUT2D eigenvalue weighted by atomic mass is 10.1. The molecule has 0 aliphatic carbocycles. The lowest BCUT2D eigenvalue weighted by molar-refractivity contribution is 0.0787. The van der Waals surface area contributed by atoms with Gasteiger partial charge in [0.05, 0.1) is 7.11 Å². The van der Waals surface area contributed by atoms with E-state index in [4.69, 9.17) is 9.47 Å². The first-order valence-electron chi connectivity index (χ1n) is 8.41. The molecule has 0 radical (unpaired) electrons. The molecule has 1 unspecified atom stereocenters. The lowest BCUT2D eigenvalue weighted by Gasteiger charge is -2.17. The fourth-order valence-electron chi connectivity index (χ4n) is 2.96. The molecule has 0 N–H and O–H groups in total. The van der Waals surface area contributed by atoms with E-state index in [0.717, 1.165) is 29.5 Å². The first-order chi connectivity index (χ1) is 12.1. The molecule has 2 aromatic carbocycles. The highest BCUT2D eigenvalue weighted by Crippen LogP contribution is 2.30. The van der Waals surface area contributed by atoms with Crippen LogP contribution in [-0.4, -0.2) is 31.0 Å². The van der Waals surface area contributed by atoms with E-state index in [9.17, 15) is 4.79 Å². The summed E-state index contributed by atoms with van der Waals surface area (Å²) < 4.78 is 12.3. The molecule has 1 saturated heterocycles. The minimum Gasteiger partial charge on any atom is -0.493 e. The smallest absolute Gasteiger partial charge is 0.254 e. The van der Waals surface area contributed by atoms with Crippen LogP contribution in [-0.2, 0) is 6.61 Å². The molecule has 1 heterocycles. The highest BCUT2D eigenvalue weighted by atomic mass is 79.9. The van der Waals surface area contributed by atoms with Crippen LogP contribution in [0.2, 0.25) is 0 Å². The second kappa shape index (κ2) is 7.91. The summed E-state index contributed by atoms with van der Waals surface area (Å²) in [5.74, 6) is 1.84. The van der Waals surface area contributed by atoms with Crippen LogP contribution in [0.25, 0.3) is 0 Å². The summed E-state index contributed by atoms with van der Waals surface area (Å²) in [7, 11) is 1.59. The molecule has 1 fully saturated rings. The third kappa shape index (κ3) is 4.34. The van der Waals surface area contributed by atoms with Crippen molar-refractivity contribution in [2.75, 3.05) is 20.2 Å². The first-order valence-corrected chi connectivity index (χ1v) is 9.20. The second-order valence-corrected chi connectivity index (χ2v) is 7.34. The van der Waals surface area contributed by atoms with Crippen molar-refractivity contribution >= 4 is 21.8 Å². The predicted molar refractivity (Wildman–Crippen MR) is 101 cm³/mol. The Morgan fingerprint density at radius 3 is 2.60 bits per heavy atom. The maximum atomic E-state index is 12.6. The van der Waals surface area contributed by atoms with Crippen molar-refractivity contribution < 1.29 is 14.3 Å². The number of benzene rings is 2. The minimum absolute atomic E-state index is 0.0575. The zero-order valence-electron chi connectivity index (χ0n) is 14.5. The summed E-state index contributed by atoms with van der Waals surface area (Å²) in [6.45, 7) is 4.26. The van der Waals surface area contributed by atoms with Crippen LogP contribution in [0, 0.1) is 5.92 Å². The highest BCUT2D eigenvalue weighted by Gasteiger charge is 2.24. The van der Waals surface area contributed by atoms with Crippen LogP contribution in [0.1, 0.15) is 29.3 Å². The zero-order valence-corrected chi connectivity index (χ0v) is 16.1. The maximum absolute atomic E-state index is 12.6. The van der Waals surface area contributed by atoms with Gasteiger partial charge in [0, 0.05) is 23.1 Å². The van der Waals surface area contributed by atoms with Crippen LogP contribution in [0.3, 0.4) is 0 Å². The van der Waals surface area contributed by atoms with Gasteiger partial charge in [0.15, 0.2) is 11.5 Å². The minimum atomic E-state index is 0.0575. The number of ether oxygens (including phenoxy) is 2. The topological polar surface area (TPSA) is 38.8 Å². The lowest BCUT2D eigenvalue weighted by Crippen LogP contribution is -2.28. The van der Waals surface area contributed by atoms with Gasteiger partial charge in [-0.2, -0.15) is 0 Å². The number of halogens is 1. The molecule has 3 rings (SSSR count). The van der Waals surface area contributed by atoms with Gasteiger partial charge in [0.2, 0.25) is 0 Å². The molecule has 2 aromatic rings. The molecule has 4 nitrogen and oxygen atoms in total. The summed E-state index contributed by atoms with van der Waals surface area (Å²) in [5.41, 5.74) is 1.71. The molecule has 0 spiro atoms. The molecule has 1 atom stereocenters. The Morgan fingerprint density at radius 1 is 1.20 bits per heavy atom. The third-order valence-corrected chi connectivity index (χ3v) is 4.96. The molecule has 1 aliphatic rings. The quantitative estimate of drug-likeness (QED) is 0.736. The SMILES string of the molecule is COc1cc(C(=O)N2CCC(C)C2)ccc1OCc1ccc(Br)cc1. The number of hydrogen-bond acceptors (Lipinski definition) is 3. The Labute approximate surface area is 156 Å². The first kappa shape index (κ1) is 17.8. The van der Waals surface area contributed by atoms with Crippen molar-refractivity contribution in [2.45, 2.75) is 20.0 Å². The fraction of sp³-hybridized carbons (Fsp3) is 0.350. The van der Waals surface area contributed by atoms with Gasteiger partial charge in [-0.05, 0) is 48.2 Å². The molecule has 132 valence electrons. The third-order valence-electron chi connectivity index (χ3n) is 4.43. The van der Waals surface area contributed by atoms with Crippen molar-refractivity contribution in [1.82, 2.24) is 4.90 Å². The number of carbonyl (C=O) groups is 1. The standard InChI is InChI=1S/C20H22BrNO3/c1-14-9-10-22(12-14)20(23)16-5-8-18(19(11-16)24-2)25-13-15-3-6-17(21)7-4-15/h3-8,11,14H,9-10,12-13H2,1-2H3. The van der Waals surface area contributed by atoms with Crippen molar-refractivity contribution in [1.29, 1.82) is 0 Å². The highest BCUT2D eigenvalue weighted by molar-refractivity contribution is 9.10. The number of amides is 1. The Morgan fingerprint density at radius 2 is 1.96 bits per heavy atom. The van der Waals surface area contributed by atoms with E-state index in [1.54, 1.807) is 13.2 Å². The summed E-state index contributed by atoms with van der Waals surface area (Å²) in [5, 5.41) is 0. The maximum Gasteiger partial charge on any atom is 0.254 e. The molecular formula is C20H22BrNO3. The van der Waals surface area contributed by atoms with Crippen LogP contribution < -0.4 is 9.47 Å². The van der Waals surface area contributed by atoms with Crippen LogP contribution >= 0.6 is 15.9 Å². The number of rotatable bonds is 5. The number of carbonyl (C=O) groups excluding carboxylic acids is 1. The van der Waals surface area contributed by atoms with Gasteiger partial charge in [0.25, 0.3) is 5.91 Å². The van der Waals surface area contributed by atoms with Crippen molar-refractivity contribution in [3.8, 4) is 11.5 Å². The van der Waals surface area contributed by atoms with Gasteiger partial charge in [-0.1, -0.05) is 35.0 Å². The Kier molecular flexibility index (Phi) is 5.63. The Bertz CT molecular complexity index is 745. The molecule has 0 bridgehead atoms. The van der Waals surface area contributed by atoms with Crippen LogP contribution in [0.5, 0.6) is 11.5 Å². The fourth-order valence-corrected chi connectivity index (χ4v) is 3.23. The summed E-state index contributed by atoms with van der Waals surface area (Å²) in [4.78, 5) is 14.5. The van der Waals surface area contributed by atoms with Gasteiger partial charge in [-0.15, -0.1) is 0 Å². The predicted octanol–water partition coefficient (Wildman–Crippen LogP) is 4.52. The molecule has 5 heteroatoms. The number of methoxy groups -OCH3 is 1. The van der Waals surface area contributed by atoms with E-state index in [1.807, 2.05) is 41.3 Å². The zero-order chi connectivity index (χ0) is 17.8. The average Bonchev–Trinajstić information content (AvgIpc) is 3.07. The number of hydrogen-bond donors (Lipinski definition) is 0. The average molecular weight is 404 g/mol. The summed E-state index contributed by atoms with van der Waals surface area (Å²) in [6.07, 6.45) is 1.07. The molecule has 0 saturated carbocycles. The van der Waals surface area contributed by atoms with Crippen LogP contribution in [0.15, 0.2) is 46.9 Å². The second-order valence-electron chi connectivity index (χ2n) is 6.43. The van der Waals surface area contributed by atoms with E-state index in [-0.39, 0.29) is 5.91 Å². The summed E-state index contributed by atoms with van der Waals surface area (Å²) in [6, 6.07) is 13.4.